The number of nitrogens with one attached hydrogen (secondary N) is 2. The minimum Gasteiger partial charge on any atom is -0.378 e. The van der Waals surface area contributed by atoms with Gasteiger partial charge in [-0.1, -0.05) is 11.6 Å². The minimum atomic E-state index is 0.412. The molecule has 5 nitrogen and oxygen atoms in total. The second-order valence-electron chi connectivity index (χ2n) is 4.34. The first-order valence-electron chi connectivity index (χ1n) is 6.40. The van der Waals surface area contributed by atoms with Gasteiger partial charge in [0, 0.05) is 13.2 Å². The van der Waals surface area contributed by atoms with Crippen molar-refractivity contribution in [3.63, 3.8) is 0 Å². The van der Waals surface area contributed by atoms with Crippen molar-refractivity contribution in [2.75, 3.05) is 31.6 Å². The van der Waals surface area contributed by atoms with Crippen molar-refractivity contribution >= 4 is 17.4 Å². The monoisotopic (exact) mass is 270 g/mol. The molecule has 0 saturated carbocycles. The van der Waals surface area contributed by atoms with E-state index in [1.54, 1.807) is 6.07 Å². The summed E-state index contributed by atoms with van der Waals surface area (Å²) in [7, 11) is 0. The number of nitrogens with zero attached hydrogens (tertiary/aromatic N) is 2. The fourth-order valence-electron chi connectivity index (χ4n) is 1.91. The molecule has 2 rings (SSSR count). The maximum atomic E-state index is 5.80. The predicted octanol–water partition coefficient (Wildman–Crippen LogP) is 1.70. The number of rotatable bonds is 6. The normalized spacial score (nSPS) is 16.7. The van der Waals surface area contributed by atoms with E-state index < -0.39 is 0 Å². The number of ether oxygens (including phenoxy) is 1. The Morgan fingerprint density at radius 3 is 2.89 bits per heavy atom. The highest BCUT2D eigenvalue weighted by Crippen LogP contribution is 2.08. The third-order valence-electron chi connectivity index (χ3n) is 2.90. The molecule has 1 aromatic rings. The summed E-state index contributed by atoms with van der Waals surface area (Å²) in [6, 6.07) is 3.55. The lowest BCUT2D eigenvalue weighted by Crippen LogP contribution is -2.32. The average Bonchev–Trinajstić information content (AvgIpc) is 2.42. The largest absolute Gasteiger partial charge is 0.378 e. The van der Waals surface area contributed by atoms with Crippen molar-refractivity contribution in [3.05, 3.63) is 17.3 Å². The van der Waals surface area contributed by atoms with Gasteiger partial charge in [0.05, 0.1) is 6.10 Å². The zero-order chi connectivity index (χ0) is 12.6. The van der Waals surface area contributed by atoms with Crippen LogP contribution in [0, 0.1) is 0 Å². The van der Waals surface area contributed by atoms with Crippen LogP contribution in [0.15, 0.2) is 12.1 Å². The molecule has 0 atom stereocenters. The number of anilines is 1. The molecule has 18 heavy (non-hydrogen) atoms. The summed E-state index contributed by atoms with van der Waals surface area (Å²) < 4.78 is 5.80. The van der Waals surface area contributed by atoms with Gasteiger partial charge in [0.1, 0.15) is 5.82 Å². The molecule has 0 aromatic carbocycles. The lowest BCUT2D eigenvalue weighted by atomic mass is 10.1. The fraction of sp³-hybridized carbons (Fsp3) is 0.667. The Hall–Kier alpha value is -0.910. The molecule has 1 fully saturated rings. The molecule has 1 aliphatic rings. The lowest BCUT2D eigenvalue weighted by molar-refractivity contribution is 0.0329. The highest BCUT2D eigenvalue weighted by molar-refractivity contribution is 6.29. The summed E-state index contributed by atoms with van der Waals surface area (Å²) in [6.45, 7) is 3.77. The van der Waals surface area contributed by atoms with E-state index in [9.17, 15) is 0 Å². The molecule has 1 aliphatic heterocycles. The van der Waals surface area contributed by atoms with Gasteiger partial charge in [-0.3, -0.25) is 0 Å². The SMILES string of the molecule is Clc1ccc(NCCCOC2CCNCC2)nn1. The smallest absolute Gasteiger partial charge is 0.151 e. The van der Waals surface area contributed by atoms with Crippen LogP contribution in [0.3, 0.4) is 0 Å². The molecular formula is C12H19ClN4O. The first-order valence-corrected chi connectivity index (χ1v) is 6.78. The van der Waals surface area contributed by atoms with E-state index >= 15 is 0 Å². The summed E-state index contributed by atoms with van der Waals surface area (Å²) in [4.78, 5) is 0. The van der Waals surface area contributed by atoms with E-state index in [-0.39, 0.29) is 0 Å². The lowest BCUT2D eigenvalue weighted by Gasteiger charge is -2.22. The summed E-state index contributed by atoms with van der Waals surface area (Å²) in [5.74, 6) is 0.751. The van der Waals surface area contributed by atoms with Crippen LogP contribution in [0.4, 0.5) is 5.82 Å². The number of aromatic nitrogens is 2. The molecule has 0 radical (unpaired) electrons. The summed E-state index contributed by atoms with van der Waals surface area (Å²) in [5.41, 5.74) is 0. The van der Waals surface area contributed by atoms with Crippen LogP contribution >= 0.6 is 11.6 Å². The zero-order valence-corrected chi connectivity index (χ0v) is 11.1. The molecule has 100 valence electrons. The van der Waals surface area contributed by atoms with Gasteiger partial charge >= 0.3 is 0 Å². The molecule has 1 saturated heterocycles. The topological polar surface area (TPSA) is 59.1 Å². The Morgan fingerprint density at radius 2 is 2.17 bits per heavy atom. The molecule has 0 aliphatic carbocycles. The Morgan fingerprint density at radius 1 is 1.33 bits per heavy atom. The number of halogens is 1. The van der Waals surface area contributed by atoms with Gasteiger partial charge in [0.15, 0.2) is 5.15 Å². The van der Waals surface area contributed by atoms with E-state index in [1.807, 2.05) is 6.07 Å². The fourth-order valence-corrected chi connectivity index (χ4v) is 2.01. The third kappa shape index (κ3) is 4.76. The van der Waals surface area contributed by atoms with Gasteiger partial charge in [0.25, 0.3) is 0 Å². The van der Waals surface area contributed by atoms with Crippen molar-refractivity contribution in [2.45, 2.75) is 25.4 Å². The Labute approximate surface area is 112 Å². The van der Waals surface area contributed by atoms with E-state index in [0.29, 0.717) is 11.3 Å². The molecule has 0 bridgehead atoms. The van der Waals surface area contributed by atoms with E-state index in [0.717, 1.165) is 51.3 Å². The Kier molecular flexibility index (Phi) is 5.64. The van der Waals surface area contributed by atoms with Gasteiger partial charge in [0.2, 0.25) is 0 Å². The van der Waals surface area contributed by atoms with Gasteiger partial charge in [-0.2, -0.15) is 0 Å². The van der Waals surface area contributed by atoms with Crippen LogP contribution in [0.2, 0.25) is 5.15 Å². The van der Waals surface area contributed by atoms with Crippen LogP contribution in [0.5, 0.6) is 0 Å². The Balaban J connectivity index is 1.54. The second-order valence-corrected chi connectivity index (χ2v) is 4.73. The van der Waals surface area contributed by atoms with Crippen LogP contribution in [-0.2, 0) is 4.74 Å². The van der Waals surface area contributed by atoms with Crippen LogP contribution in [0.1, 0.15) is 19.3 Å². The third-order valence-corrected chi connectivity index (χ3v) is 3.10. The maximum Gasteiger partial charge on any atom is 0.151 e. The van der Waals surface area contributed by atoms with Crippen molar-refractivity contribution in [2.24, 2.45) is 0 Å². The highest BCUT2D eigenvalue weighted by atomic mass is 35.5. The summed E-state index contributed by atoms with van der Waals surface area (Å²) in [5, 5.41) is 14.6. The summed E-state index contributed by atoms with van der Waals surface area (Å²) in [6.07, 6.45) is 3.64. The van der Waals surface area contributed by atoms with E-state index in [1.165, 1.54) is 0 Å². The van der Waals surface area contributed by atoms with Crippen molar-refractivity contribution in [1.29, 1.82) is 0 Å². The number of piperidine rings is 1. The molecular weight excluding hydrogens is 252 g/mol. The quantitative estimate of drug-likeness (QED) is 0.771. The predicted molar refractivity (Wildman–Crippen MR) is 72.0 cm³/mol. The molecule has 0 spiro atoms. The van der Waals surface area contributed by atoms with Crippen LogP contribution in [0.25, 0.3) is 0 Å². The average molecular weight is 271 g/mol. The maximum absolute atomic E-state index is 5.80. The molecule has 6 heteroatoms. The van der Waals surface area contributed by atoms with Gasteiger partial charge in [-0.25, -0.2) is 0 Å². The summed E-state index contributed by atoms with van der Waals surface area (Å²) >= 11 is 5.65. The molecule has 2 N–H and O–H groups in total. The minimum absolute atomic E-state index is 0.412. The number of hydrogen-bond acceptors (Lipinski definition) is 5. The zero-order valence-electron chi connectivity index (χ0n) is 10.4. The van der Waals surface area contributed by atoms with Crippen molar-refractivity contribution < 1.29 is 4.74 Å². The van der Waals surface area contributed by atoms with E-state index in [4.69, 9.17) is 16.3 Å². The molecule has 2 heterocycles. The standard InChI is InChI=1S/C12H19ClN4O/c13-11-2-3-12(17-16-11)15-6-1-9-18-10-4-7-14-8-5-10/h2-3,10,14H,1,4-9H2,(H,15,17). The van der Waals surface area contributed by atoms with Crippen LogP contribution in [-0.4, -0.2) is 42.5 Å². The molecule has 0 unspecified atom stereocenters. The molecule has 0 amide bonds. The Bertz CT molecular complexity index is 340. The first-order chi connectivity index (χ1) is 8.84. The van der Waals surface area contributed by atoms with Gasteiger partial charge in [-0.05, 0) is 44.5 Å². The molecule has 1 aromatic heterocycles. The van der Waals surface area contributed by atoms with Crippen molar-refractivity contribution in [1.82, 2.24) is 15.5 Å². The van der Waals surface area contributed by atoms with Gasteiger partial charge in [-0.15, -0.1) is 10.2 Å². The highest BCUT2D eigenvalue weighted by Gasteiger charge is 2.12. The van der Waals surface area contributed by atoms with E-state index in [2.05, 4.69) is 20.8 Å². The second kappa shape index (κ2) is 7.51. The van der Waals surface area contributed by atoms with Gasteiger partial charge < -0.3 is 15.4 Å². The van der Waals surface area contributed by atoms with Crippen LogP contribution < -0.4 is 10.6 Å². The number of hydrogen-bond donors (Lipinski definition) is 2. The first kappa shape index (κ1) is 13.5. The van der Waals surface area contributed by atoms with Crippen molar-refractivity contribution in [3.8, 4) is 0 Å².